The maximum Gasteiger partial charge on any atom is 0.139 e. The second-order valence-electron chi connectivity index (χ2n) is 5.93. The first-order valence-corrected chi connectivity index (χ1v) is 7.91. The molecule has 1 aliphatic carbocycles. The maximum absolute atomic E-state index is 12.1. The van der Waals surface area contributed by atoms with E-state index >= 15 is 0 Å². The van der Waals surface area contributed by atoms with E-state index in [0.29, 0.717) is 18.9 Å². The van der Waals surface area contributed by atoms with Gasteiger partial charge < -0.3 is 0 Å². The van der Waals surface area contributed by atoms with Gasteiger partial charge in [0.25, 0.3) is 0 Å². The van der Waals surface area contributed by atoms with Crippen molar-refractivity contribution in [1.82, 2.24) is 9.78 Å². The molecule has 0 aliphatic heterocycles. The van der Waals surface area contributed by atoms with Crippen molar-refractivity contribution < 1.29 is 4.79 Å². The Hall–Kier alpha value is -1.90. The lowest BCUT2D eigenvalue weighted by atomic mass is 10.1. The molecular formula is C18H22N2O. The summed E-state index contributed by atoms with van der Waals surface area (Å²) in [5, 5.41) is 4.58. The lowest BCUT2D eigenvalue weighted by Crippen LogP contribution is -2.08. The molecule has 3 nitrogen and oxygen atoms in total. The Morgan fingerprint density at radius 1 is 1.14 bits per heavy atom. The normalized spacial score (nSPS) is 15.4. The SMILES string of the molecule is O=C(CCc1ccccc1)Cc1ccn(C2CCCC2)n1. The summed E-state index contributed by atoms with van der Waals surface area (Å²) < 4.78 is 2.06. The van der Waals surface area contributed by atoms with Crippen LogP contribution in [0.4, 0.5) is 0 Å². The van der Waals surface area contributed by atoms with Gasteiger partial charge in [0.05, 0.1) is 18.2 Å². The number of hydrogen-bond acceptors (Lipinski definition) is 2. The van der Waals surface area contributed by atoms with Crippen LogP contribution in [0, 0.1) is 0 Å². The van der Waals surface area contributed by atoms with Gasteiger partial charge in [0.15, 0.2) is 0 Å². The summed E-state index contributed by atoms with van der Waals surface area (Å²) in [5.41, 5.74) is 2.14. The molecule has 0 radical (unpaired) electrons. The fourth-order valence-corrected chi connectivity index (χ4v) is 3.06. The van der Waals surface area contributed by atoms with Crippen molar-refractivity contribution in [3.05, 3.63) is 53.9 Å². The summed E-state index contributed by atoms with van der Waals surface area (Å²) in [6.07, 6.45) is 8.98. The van der Waals surface area contributed by atoms with Crippen molar-refractivity contribution in [2.24, 2.45) is 0 Å². The van der Waals surface area contributed by atoms with Gasteiger partial charge in [-0.15, -0.1) is 0 Å². The van der Waals surface area contributed by atoms with Crippen LogP contribution in [0.3, 0.4) is 0 Å². The summed E-state index contributed by atoms with van der Waals surface area (Å²) >= 11 is 0. The first kappa shape index (κ1) is 14.1. The average Bonchev–Trinajstić information content (AvgIpc) is 3.17. The highest BCUT2D eigenvalue weighted by Gasteiger charge is 2.18. The molecular weight excluding hydrogens is 260 g/mol. The van der Waals surface area contributed by atoms with E-state index in [-0.39, 0.29) is 5.78 Å². The minimum absolute atomic E-state index is 0.274. The van der Waals surface area contributed by atoms with Crippen LogP contribution in [-0.2, 0) is 17.6 Å². The molecule has 0 bridgehead atoms. The quantitative estimate of drug-likeness (QED) is 0.809. The van der Waals surface area contributed by atoms with E-state index in [1.54, 1.807) is 0 Å². The first-order chi connectivity index (χ1) is 10.3. The molecule has 2 aromatic rings. The van der Waals surface area contributed by atoms with Crippen LogP contribution in [0.5, 0.6) is 0 Å². The van der Waals surface area contributed by atoms with E-state index in [2.05, 4.69) is 21.9 Å². The van der Waals surface area contributed by atoms with Crippen LogP contribution in [0.25, 0.3) is 0 Å². The van der Waals surface area contributed by atoms with E-state index < -0.39 is 0 Å². The van der Waals surface area contributed by atoms with Gasteiger partial charge in [0, 0.05) is 12.6 Å². The Bertz CT molecular complexity index is 582. The summed E-state index contributed by atoms with van der Waals surface area (Å²) in [5.74, 6) is 0.274. The largest absolute Gasteiger partial charge is 0.299 e. The molecule has 0 spiro atoms. The van der Waals surface area contributed by atoms with Crippen molar-refractivity contribution in [1.29, 1.82) is 0 Å². The molecule has 0 atom stereocenters. The van der Waals surface area contributed by atoms with Crippen LogP contribution in [0.1, 0.15) is 49.4 Å². The predicted molar refractivity (Wildman–Crippen MR) is 83.2 cm³/mol. The third kappa shape index (κ3) is 3.81. The molecule has 21 heavy (non-hydrogen) atoms. The number of aromatic nitrogens is 2. The minimum Gasteiger partial charge on any atom is -0.299 e. The number of rotatable bonds is 6. The van der Waals surface area contributed by atoms with Gasteiger partial charge in [-0.05, 0) is 30.9 Å². The Labute approximate surface area is 126 Å². The molecule has 110 valence electrons. The number of carbonyl (C=O) groups is 1. The number of nitrogens with zero attached hydrogens (tertiary/aromatic N) is 2. The standard InChI is InChI=1S/C18H22N2O/c21-18(11-10-15-6-2-1-3-7-15)14-16-12-13-20(19-16)17-8-4-5-9-17/h1-3,6-7,12-13,17H,4-5,8-11,14H2. The predicted octanol–water partition coefficient (Wildman–Crippen LogP) is 3.74. The summed E-state index contributed by atoms with van der Waals surface area (Å²) in [4.78, 5) is 12.1. The van der Waals surface area contributed by atoms with Crippen LogP contribution in [0.15, 0.2) is 42.6 Å². The number of Topliss-reactive ketones (excluding diaryl/α,β-unsaturated/α-hetero) is 1. The van der Waals surface area contributed by atoms with Crippen LogP contribution < -0.4 is 0 Å². The summed E-state index contributed by atoms with van der Waals surface area (Å²) in [6.45, 7) is 0. The highest BCUT2D eigenvalue weighted by Crippen LogP contribution is 2.28. The molecule has 1 aromatic heterocycles. The molecule has 0 unspecified atom stereocenters. The zero-order chi connectivity index (χ0) is 14.5. The van der Waals surface area contributed by atoms with Gasteiger partial charge in [-0.25, -0.2) is 0 Å². The lowest BCUT2D eigenvalue weighted by molar-refractivity contribution is -0.118. The minimum atomic E-state index is 0.274. The van der Waals surface area contributed by atoms with Gasteiger partial charge in [0.2, 0.25) is 0 Å². The number of aryl methyl sites for hydroxylation is 1. The van der Waals surface area contributed by atoms with Crippen LogP contribution in [0.2, 0.25) is 0 Å². The van der Waals surface area contributed by atoms with E-state index in [1.165, 1.54) is 31.2 Å². The smallest absolute Gasteiger partial charge is 0.139 e. The molecule has 3 heteroatoms. The zero-order valence-electron chi connectivity index (χ0n) is 12.4. The summed E-state index contributed by atoms with van der Waals surface area (Å²) in [7, 11) is 0. The van der Waals surface area contributed by atoms with Gasteiger partial charge in [-0.2, -0.15) is 5.10 Å². The molecule has 1 heterocycles. The van der Waals surface area contributed by atoms with E-state index in [4.69, 9.17) is 0 Å². The van der Waals surface area contributed by atoms with Crippen molar-refractivity contribution in [2.75, 3.05) is 0 Å². The van der Waals surface area contributed by atoms with Crippen molar-refractivity contribution in [3.8, 4) is 0 Å². The second kappa shape index (κ2) is 6.70. The fraction of sp³-hybridized carbons (Fsp3) is 0.444. The molecule has 1 aromatic carbocycles. The number of hydrogen-bond donors (Lipinski definition) is 0. The highest BCUT2D eigenvalue weighted by atomic mass is 16.1. The van der Waals surface area contributed by atoms with Crippen molar-refractivity contribution in [3.63, 3.8) is 0 Å². The monoisotopic (exact) mass is 282 g/mol. The Morgan fingerprint density at radius 3 is 2.67 bits per heavy atom. The molecule has 1 aliphatic rings. The van der Waals surface area contributed by atoms with E-state index in [1.807, 2.05) is 30.5 Å². The molecule has 0 N–H and O–H groups in total. The number of carbonyl (C=O) groups excluding carboxylic acids is 1. The van der Waals surface area contributed by atoms with Crippen LogP contribution in [-0.4, -0.2) is 15.6 Å². The van der Waals surface area contributed by atoms with Gasteiger partial charge in [0.1, 0.15) is 5.78 Å². The molecule has 3 rings (SSSR count). The third-order valence-corrected chi connectivity index (χ3v) is 4.28. The van der Waals surface area contributed by atoms with E-state index in [9.17, 15) is 4.79 Å². The fourth-order valence-electron chi connectivity index (χ4n) is 3.06. The molecule has 1 fully saturated rings. The highest BCUT2D eigenvalue weighted by molar-refractivity contribution is 5.80. The van der Waals surface area contributed by atoms with Gasteiger partial charge >= 0.3 is 0 Å². The second-order valence-corrected chi connectivity index (χ2v) is 5.93. The van der Waals surface area contributed by atoms with Gasteiger partial charge in [-0.3, -0.25) is 9.48 Å². The first-order valence-electron chi connectivity index (χ1n) is 7.91. The van der Waals surface area contributed by atoms with Crippen molar-refractivity contribution in [2.45, 2.75) is 51.0 Å². The lowest BCUT2D eigenvalue weighted by Gasteiger charge is -2.08. The topological polar surface area (TPSA) is 34.9 Å². The van der Waals surface area contributed by atoms with Crippen molar-refractivity contribution >= 4 is 5.78 Å². The molecule has 0 saturated heterocycles. The Morgan fingerprint density at radius 2 is 1.90 bits per heavy atom. The van der Waals surface area contributed by atoms with Gasteiger partial charge in [-0.1, -0.05) is 43.2 Å². The number of ketones is 1. The zero-order valence-corrected chi connectivity index (χ0v) is 12.4. The third-order valence-electron chi connectivity index (χ3n) is 4.28. The summed E-state index contributed by atoms with van der Waals surface area (Å²) in [6, 6.07) is 12.7. The maximum atomic E-state index is 12.1. The average molecular weight is 282 g/mol. The van der Waals surface area contributed by atoms with Crippen LogP contribution >= 0.6 is 0 Å². The van der Waals surface area contributed by atoms with E-state index in [0.717, 1.165) is 12.1 Å². The molecule has 1 saturated carbocycles. The Balaban J connectivity index is 1.50. The number of benzene rings is 1. The Kier molecular flexibility index (Phi) is 4.49. The molecule has 0 amide bonds.